The summed E-state index contributed by atoms with van der Waals surface area (Å²) in [5.41, 5.74) is 11.4. The normalized spacial score (nSPS) is 10.5. The molecule has 127 heavy (non-hydrogen) atoms. The fraction of sp³-hybridized carbons (Fsp3) is 0.108. The largest absolute Gasteiger partial charge is 0.481 e. The number of aryl methyl sites for hydroxylation is 1. The van der Waals surface area contributed by atoms with E-state index in [1.807, 2.05) is 97.1 Å². The van der Waals surface area contributed by atoms with Gasteiger partial charge in [-0.3, -0.25) is 33.6 Å². The van der Waals surface area contributed by atoms with E-state index in [1.54, 1.807) is 129 Å². The van der Waals surface area contributed by atoms with Crippen LogP contribution in [0.3, 0.4) is 0 Å². The van der Waals surface area contributed by atoms with Crippen molar-refractivity contribution in [3.05, 3.63) is 383 Å². The maximum absolute atomic E-state index is 13.6. The summed E-state index contributed by atoms with van der Waals surface area (Å²) in [7, 11) is 3.07. The van der Waals surface area contributed by atoms with Crippen LogP contribution < -0.4 is 9.47 Å². The van der Waals surface area contributed by atoms with E-state index >= 15 is 0 Å². The van der Waals surface area contributed by atoms with Crippen LogP contribution >= 0.6 is 0 Å². The lowest BCUT2D eigenvalue weighted by molar-refractivity contribution is -0.137. The Morgan fingerprint density at radius 1 is 0.276 bits per heavy atom. The first kappa shape index (κ1) is 93.5. The van der Waals surface area contributed by atoms with Crippen LogP contribution in [0.4, 0.5) is 35.1 Å². The molecule has 8 aromatic heterocycles. The van der Waals surface area contributed by atoms with E-state index in [4.69, 9.17) is 9.47 Å². The van der Waals surface area contributed by atoms with Gasteiger partial charge in [-0.25, -0.2) is 56.8 Å². The third kappa shape index (κ3) is 25.9. The molecule has 0 aliphatic heterocycles. The van der Waals surface area contributed by atoms with Crippen molar-refractivity contribution in [2.75, 3.05) is 14.2 Å². The summed E-state index contributed by atoms with van der Waals surface area (Å²) < 4.78 is 113. The van der Waals surface area contributed by atoms with Crippen LogP contribution in [0.25, 0.3) is 100 Å². The molecule has 0 N–H and O–H groups in total. The first-order valence-corrected chi connectivity index (χ1v) is 39.0. The predicted octanol–water partition coefficient (Wildman–Crippen LogP) is 24.4. The first-order valence-electron chi connectivity index (χ1n) is 39.0. The number of ketones is 7. The average molecular weight is 1710 g/mol. The van der Waals surface area contributed by atoms with Gasteiger partial charge in [0.25, 0.3) is 0 Å². The summed E-state index contributed by atoms with van der Waals surface area (Å²) >= 11 is 0. The lowest BCUT2D eigenvalue weighted by Gasteiger charge is -2.09. The minimum absolute atomic E-state index is 0.00557. The summed E-state index contributed by atoms with van der Waals surface area (Å²) in [5, 5.41) is 4.28. The number of hydrogen-bond donors (Lipinski definition) is 0. The van der Waals surface area contributed by atoms with Gasteiger partial charge in [0.15, 0.2) is 40.5 Å². The Morgan fingerprint density at radius 2 is 0.654 bits per heavy atom. The number of ether oxygens (including phenoxy) is 2. The molecule has 0 radical (unpaired) electrons. The fourth-order valence-electron chi connectivity index (χ4n) is 12.3. The van der Waals surface area contributed by atoms with Crippen molar-refractivity contribution >= 4 is 62.0 Å². The van der Waals surface area contributed by atoms with Gasteiger partial charge in [0.2, 0.25) is 11.8 Å². The minimum atomic E-state index is -4.35. The fourth-order valence-corrected chi connectivity index (χ4v) is 12.3. The molecule has 0 aliphatic rings. The summed E-state index contributed by atoms with van der Waals surface area (Å²) in [6.45, 7) is 12.0. The number of hydrogen-bond acceptors (Lipinski definition) is 17. The predicted molar refractivity (Wildman–Crippen MR) is 473 cm³/mol. The van der Waals surface area contributed by atoms with Gasteiger partial charge in [0.1, 0.15) is 68.9 Å². The molecule has 0 saturated carbocycles. The Hall–Kier alpha value is -15.8. The highest BCUT2D eigenvalue weighted by molar-refractivity contribution is 6.06. The summed E-state index contributed by atoms with van der Waals surface area (Å²) in [5.74, 6) is -2.85. The van der Waals surface area contributed by atoms with Crippen molar-refractivity contribution in [3.63, 3.8) is 0 Å². The number of methoxy groups -OCH3 is 2. The third-order valence-corrected chi connectivity index (χ3v) is 18.7. The number of halogens is 8. The first-order chi connectivity index (χ1) is 60.7. The standard InChI is InChI=1S/2C17H13NO.C14H10F3NO.C14H11F2NO.C14H14N2O3.C13H9F2NO.C13H10FNO/c1-12(19)16-10-5-11-17(18-16)15-9-4-7-13-6-2-3-8-14(13)15;1-12(19)17-15-10-6-5-9-14(15)11-16(18-17)13-7-3-2-4-8-13;1-9(19)12-3-2-4-13(18-12)10-5-7-11(8-6-10)14(15,16)17;1-8-5-13(9(2)18)17-14(6-8)11-4-3-10(15)7-12(11)16;1-9(17)11-5-4-6-12(15-11)10-7-8-13(18-2)16-14(10)19-3;1-8(17)12-3-2-4-13(16-12)10-6-5-9(14)7-11(10)15;1-9(16)12-3-2-4-13(15-12)10-5-7-11(14)8-6-10/h2*2-11H,1H3;2-8H,1H3;3-7H,1-2H3;4-8H,1-3H3;2-7H,1H3;2-8H,1H3. The number of rotatable bonds is 16. The molecule has 0 fully saturated rings. The summed E-state index contributed by atoms with van der Waals surface area (Å²) in [4.78, 5) is 113. The van der Waals surface area contributed by atoms with Crippen LogP contribution in [-0.2, 0) is 6.18 Å². The van der Waals surface area contributed by atoms with Crippen LogP contribution in [0, 0.1) is 36.0 Å². The molecule has 0 bridgehead atoms. The molecular weight excluding hydrogens is 1630 g/mol. The Kier molecular flexibility index (Phi) is 32.2. The van der Waals surface area contributed by atoms with Crippen molar-refractivity contribution in [1.29, 1.82) is 0 Å². The van der Waals surface area contributed by atoms with Crippen molar-refractivity contribution in [1.82, 2.24) is 39.9 Å². The second-order valence-corrected chi connectivity index (χ2v) is 28.1. The zero-order valence-corrected chi connectivity index (χ0v) is 70.1. The maximum Gasteiger partial charge on any atom is 0.416 e. The van der Waals surface area contributed by atoms with E-state index in [1.165, 1.54) is 97.5 Å². The quantitative estimate of drug-likeness (QED) is 0.0645. The van der Waals surface area contributed by atoms with Gasteiger partial charge in [-0.05, 0) is 174 Å². The smallest absolute Gasteiger partial charge is 0.416 e. The van der Waals surface area contributed by atoms with Crippen molar-refractivity contribution in [3.8, 4) is 90.6 Å². The van der Waals surface area contributed by atoms with E-state index in [0.29, 0.717) is 74.1 Å². The Labute approximate surface area is 726 Å². The van der Waals surface area contributed by atoms with Crippen LogP contribution in [0.2, 0.25) is 0 Å². The lowest BCUT2D eigenvalue weighted by Crippen LogP contribution is -2.04. The number of nitrogens with zero attached hydrogens (tertiary/aromatic N) is 8. The van der Waals surface area contributed by atoms with Gasteiger partial charge in [-0.15, -0.1) is 0 Å². The third-order valence-electron chi connectivity index (χ3n) is 18.7. The highest BCUT2D eigenvalue weighted by atomic mass is 19.4. The average Bonchev–Trinajstić information content (AvgIpc) is 0.786. The van der Waals surface area contributed by atoms with Crippen LogP contribution in [0.15, 0.2) is 303 Å². The number of carbonyl (C=O) groups is 7. The summed E-state index contributed by atoms with van der Waals surface area (Å²) in [6.07, 6.45) is -4.35. The van der Waals surface area contributed by atoms with E-state index in [-0.39, 0.29) is 74.5 Å². The highest BCUT2D eigenvalue weighted by Gasteiger charge is 2.30. The number of pyridine rings is 8. The van der Waals surface area contributed by atoms with Crippen LogP contribution in [-0.4, -0.2) is 94.6 Å². The number of Topliss-reactive ketones (excluding diaryl/α,β-unsaturated/α-hetero) is 7. The highest BCUT2D eigenvalue weighted by Crippen LogP contribution is 2.34. The van der Waals surface area contributed by atoms with Gasteiger partial charge in [-0.1, -0.05) is 140 Å². The van der Waals surface area contributed by atoms with Gasteiger partial charge in [0, 0.05) is 105 Å². The van der Waals surface area contributed by atoms with Crippen molar-refractivity contribution < 1.29 is 78.2 Å². The molecule has 17 nitrogen and oxygen atoms in total. The Morgan fingerprint density at radius 3 is 1.11 bits per heavy atom. The van der Waals surface area contributed by atoms with E-state index < -0.39 is 35.0 Å². The minimum Gasteiger partial charge on any atom is -0.481 e. The molecule has 8 heterocycles. The molecule has 638 valence electrons. The molecule has 16 aromatic rings. The topological polar surface area (TPSA) is 241 Å². The van der Waals surface area contributed by atoms with Gasteiger partial charge < -0.3 is 9.47 Å². The van der Waals surface area contributed by atoms with E-state index in [9.17, 15) is 68.7 Å². The number of aromatic nitrogens is 8. The van der Waals surface area contributed by atoms with E-state index in [0.717, 1.165) is 86.2 Å². The molecule has 25 heteroatoms. The second-order valence-electron chi connectivity index (χ2n) is 28.1. The summed E-state index contributed by atoms with van der Waals surface area (Å²) in [6, 6.07) is 83.8. The van der Waals surface area contributed by atoms with Gasteiger partial charge >= 0.3 is 6.18 Å². The van der Waals surface area contributed by atoms with Crippen LogP contribution in [0.5, 0.6) is 11.8 Å². The van der Waals surface area contributed by atoms with Crippen molar-refractivity contribution in [2.24, 2.45) is 0 Å². The number of fused-ring (bicyclic) bond motifs is 2. The maximum atomic E-state index is 13.6. The number of benzene rings is 8. The molecule has 8 aromatic carbocycles. The molecule has 0 amide bonds. The zero-order valence-electron chi connectivity index (χ0n) is 70.1. The SMILES string of the molecule is CC(=O)c1cc(C)cc(-c2ccc(F)cc2F)n1.CC(=O)c1cccc(-c2ccc(C(F)(F)F)cc2)n1.CC(=O)c1cccc(-c2ccc(F)cc2)n1.CC(=O)c1cccc(-c2ccc(F)cc2F)n1.CC(=O)c1cccc(-c2cccc3ccccc23)n1.CC(=O)c1nc(-c2ccccc2)cc2ccccc12.COc1ccc(-c2cccc(C(C)=O)n2)c(OC)n1. The van der Waals surface area contributed by atoms with Crippen LogP contribution in [0.1, 0.15) is 133 Å². The molecule has 0 spiro atoms. The molecular formula is C102H80F8N8O9. The molecule has 0 unspecified atom stereocenters. The number of carbonyl (C=O) groups excluding carboxylic acids is 7. The molecule has 0 atom stereocenters. The van der Waals surface area contributed by atoms with E-state index in [2.05, 4.69) is 58.1 Å². The molecule has 16 rings (SSSR count). The van der Waals surface area contributed by atoms with Gasteiger partial charge in [0.05, 0.1) is 65.2 Å². The lowest BCUT2D eigenvalue weighted by atomic mass is 10.0. The molecule has 0 saturated heterocycles. The zero-order chi connectivity index (χ0) is 91.6. The molecule has 0 aliphatic carbocycles. The second kappa shape index (κ2) is 43.8. The Bertz CT molecular complexity index is 6690. The monoisotopic (exact) mass is 1710 g/mol. The van der Waals surface area contributed by atoms with Gasteiger partial charge in [-0.2, -0.15) is 18.2 Å². The number of alkyl halides is 3. The Balaban J connectivity index is 0.000000155. The van der Waals surface area contributed by atoms with Crippen molar-refractivity contribution in [2.45, 2.75) is 61.6 Å².